The fraction of sp³-hybridized carbons (Fsp3) is 0.467. The van der Waals surface area contributed by atoms with Gasteiger partial charge in [0, 0.05) is 23.4 Å². The van der Waals surface area contributed by atoms with Crippen LogP contribution in [0.4, 0.5) is 0 Å². The molecule has 3 N–H and O–H groups in total. The van der Waals surface area contributed by atoms with Crippen LogP contribution in [-0.4, -0.2) is 49.0 Å². The molecule has 0 aliphatic carbocycles. The zero-order valence-electron chi connectivity index (χ0n) is 13.8. The molecule has 0 spiro atoms. The Balaban J connectivity index is 2.61. The topological polar surface area (TPSA) is 113 Å². The van der Waals surface area contributed by atoms with Crippen molar-refractivity contribution in [1.82, 2.24) is 10.0 Å². The minimum absolute atomic E-state index is 0.0107. The number of hydrogen-bond donors (Lipinski definition) is 3. The number of carboxylic acids is 1. The SMILES string of the molecule is CC(C)(C)NS(=O)(=O)c1ccc(C(=O)NCCSCC(=O)O)cc1. The summed E-state index contributed by atoms with van der Waals surface area (Å²) in [5.74, 6) is -0.755. The van der Waals surface area contributed by atoms with E-state index in [0.717, 1.165) is 0 Å². The van der Waals surface area contributed by atoms with Crippen molar-refractivity contribution in [3.8, 4) is 0 Å². The molecule has 0 saturated heterocycles. The number of sulfonamides is 1. The average Bonchev–Trinajstić information content (AvgIpc) is 2.44. The smallest absolute Gasteiger partial charge is 0.313 e. The van der Waals surface area contributed by atoms with Crippen LogP contribution in [0.25, 0.3) is 0 Å². The monoisotopic (exact) mass is 374 g/mol. The van der Waals surface area contributed by atoms with Gasteiger partial charge in [-0.2, -0.15) is 0 Å². The molecule has 0 saturated carbocycles. The molecule has 0 aromatic heterocycles. The first-order valence-electron chi connectivity index (χ1n) is 7.23. The number of hydrogen-bond acceptors (Lipinski definition) is 5. The van der Waals surface area contributed by atoms with Crippen LogP contribution in [0.15, 0.2) is 29.2 Å². The lowest BCUT2D eigenvalue weighted by molar-refractivity contribution is -0.133. The van der Waals surface area contributed by atoms with E-state index in [1.165, 1.54) is 36.0 Å². The van der Waals surface area contributed by atoms with Crippen molar-refractivity contribution in [2.45, 2.75) is 31.2 Å². The fourth-order valence-corrected chi connectivity index (χ4v) is 3.73. The average molecular weight is 374 g/mol. The molecule has 0 aliphatic heterocycles. The van der Waals surface area contributed by atoms with Gasteiger partial charge < -0.3 is 10.4 Å². The molecule has 7 nitrogen and oxygen atoms in total. The van der Waals surface area contributed by atoms with E-state index >= 15 is 0 Å². The van der Waals surface area contributed by atoms with Gasteiger partial charge in [-0.25, -0.2) is 13.1 Å². The van der Waals surface area contributed by atoms with Crippen molar-refractivity contribution in [3.05, 3.63) is 29.8 Å². The predicted octanol–water partition coefficient (Wildman–Crippen LogP) is 1.31. The number of rotatable bonds is 8. The number of carboxylic acid groups (broad SMARTS) is 1. The van der Waals surface area contributed by atoms with E-state index in [1.807, 2.05) is 0 Å². The standard InChI is InChI=1S/C15H22N2O5S2/c1-15(2,3)17-24(21,22)12-6-4-11(5-7-12)14(20)16-8-9-23-10-13(18)19/h4-7,17H,8-10H2,1-3H3,(H,16,20)(H,18,19). The summed E-state index contributed by atoms with van der Waals surface area (Å²) >= 11 is 1.21. The van der Waals surface area contributed by atoms with Gasteiger partial charge in [0.25, 0.3) is 5.91 Å². The highest BCUT2D eigenvalue weighted by atomic mass is 32.2. The lowest BCUT2D eigenvalue weighted by Crippen LogP contribution is -2.40. The molecule has 1 amide bonds. The summed E-state index contributed by atoms with van der Waals surface area (Å²) in [7, 11) is -3.63. The van der Waals surface area contributed by atoms with Gasteiger partial charge in [-0.3, -0.25) is 9.59 Å². The van der Waals surface area contributed by atoms with Gasteiger partial charge in [0.05, 0.1) is 10.6 Å². The lowest BCUT2D eigenvalue weighted by Gasteiger charge is -2.20. The second kappa shape index (κ2) is 8.50. The van der Waals surface area contributed by atoms with Crippen LogP contribution in [0.5, 0.6) is 0 Å². The summed E-state index contributed by atoms with van der Waals surface area (Å²) < 4.78 is 26.9. The Labute approximate surface area is 146 Å². The molecule has 9 heteroatoms. The number of nitrogens with one attached hydrogen (secondary N) is 2. The zero-order chi connectivity index (χ0) is 18.4. The number of aliphatic carboxylic acids is 1. The van der Waals surface area contributed by atoms with Gasteiger partial charge in [-0.15, -0.1) is 11.8 Å². The van der Waals surface area contributed by atoms with Crippen LogP contribution in [0.1, 0.15) is 31.1 Å². The molecular weight excluding hydrogens is 352 g/mol. The normalized spacial score (nSPS) is 12.0. The third kappa shape index (κ3) is 7.33. The van der Waals surface area contributed by atoms with Crippen LogP contribution >= 0.6 is 11.8 Å². The Bertz CT molecular complexity index is 679. The first-order valence-corrected chi connectivity index (χ1v) is 9.87. The zero-order valence-corrected chi connectivity index (χ0v) is 15.5. The molecule has 0 heterocycles. The van der Waals surface area contributed by atoms with E-state index in [2.05, 4.69) is 10.0 Å². The van der Waals surface area contributed by atoms with Gasteiger partial charge in [0.2, 0.25) is 10.0 Å². The third-order valence-electron chi connectivity index (χ3n) is 2.62. The Hall–Kier alpha value is -1.58. The van der Waals surface area contributed by atoms with E-state index in [0.29, 0.717) is 17.9 Å². The van der Waals surface area contributed by atoms with Crippen LogP contribution in [0, 0.1) is 0 Å². The van der Waals surface area contributed by atoms with Crippen molar-refractivity contribution in [3.63, 3.8) is 0 Å². The Morgan fingerprint density at radius 2 is 1.75 bits per heavy atom. The van der Waals surface area contributed by atoms with Crippen molar-refractivity contribution in [2.24, 2.45) is 0 Å². The Morgan fingerprint density at radius 3 is 2.25 bits per heavy atom. The maximum atomic E-state index is 12.2. The highest BCUT2D eigenvalue weighted by molar-refractivity contribution is 7.99. The van der Waals surface area contributed by atoms with Gasteiger partial charge >= 0.3 is 5.97 Å². The van der Waals surface area contributed by atoms with Crippen LogP contribution < -0.4 is 10.0 Å². The quantitative estimate of drug-likeness (QED) is 0.592. The molecule has 24 heavy (non-hydrogen) atoms. The minimum atomic E-state index is -3.63. The van der Waals surface area contributed by atoms with Crippen LogP contribution in [0.3, 0.4) is 0 Å². The summed E-state index contributed by atoms with van der Waals surface area (Å²) in [6.45, 7) is 5.57. The van der Waals surface area contributed by atoms with E-state index in [4.69, 9.17) is 5.11 Å². The van der Waals surface area contributed by atoms with Gasteiger partial charge in [0.15, 0.2) is 0 Å². The van der Waals surface area contributed by atoms with Crippen LogP contribution in [-0.2, 0) is 14.8 Å². The van der Waals surface area contributed by atoms with Crippen molar-refractivity contribution in [2.75, 3.05) is 18.1 Å². The van der Waals surface area contributed by atoms with Crippen molar-refractivity contribution >= 4 is 33.7 Å². The molecule has 0 atom stereocenters. The van der Waals surface area contributed by atoms with Gasteiger partial charge in [-0.05, 0) is 45.0 Å². The summed E-state index contributed by atoms with van der Waals surface area (Å²) in [5.41, 5.74) is -0.254. The van der Waals surface area contributed by atoms with E-state index in [9.17, 15) is 18.0 Å². The lowest BCUT2D eigenvalue weighted by atomic mass is 10.1. The number of benzene rings is 1. The highest BCUT2D eigenvalue weighted by Crippen LogP contribution is 2.14. The first kappa shape index (κ1) is 20.5. The van der Waals surface area contributed by atoms with Gasteiger partial charge in [-0.1, -0.05) is 0 Å². The molecule has 1 aromatic rings. The molecule has 0 unspecified atom stereocenters. The predicted molar refractivity (Wildman–Crippen MR) is 93.8 cm³/mol. The molecule has 0 aliphatic rings. The first-order chi connectivity index (χ1) is 11.0. The summed E-state index contributed by atoms with van der Waals surface area (Å²) in [4.78, 5) is 22.4. The van der Waals surface area contributed by atoms with Crippen molar-refractivity contribution in [1.29, 1.82) is 0 Å². The van der Waals surface area contributed by atoms with Crippen LogP contribution in [0.2, 0.25) is 0 Å². The number of thioether (sulfide) groups is 1. The minimum Gasteiger partial charge on any atom is -0.481 e. The maximum Gasteiger partial charge on any atom is 0.313 e. The number of amides is 1. The molecule has 134 valence electrons. The number of carbonyl (C=O) groups is 2. The third-order valence-corrected chi connectivity index (χ3v) is 5.34. The van der Waals surface area contributed by atoms with E-state index < -0.39 is 21.5 Å². The second-order valence-electron chi connectivity index (χ2n) is 6.08. The molecule has 1 rings (SSSR count). The molecule has 0 radical (unpaired) electrons. The summed E-state index contributed by atoms with van der Waals surface area (Å²) in [6.07, 6.45) is 0. The second-order valence-corrected chi connectivity index (χ2v) is 8.87. The Kier molecular flexibility index (Phi) is 7.25. The molecule has 0 bridgehead atoms. The Morgan fingerprint density at radius 1 is 1.17 bits per heavy atom. The maximum absolute atomic E-state index is 12.2. The highest BCUT2D eigenvalue weighted by Gasteiger charge is 2.22. The molecule has 1 aromatic carbocycles. The molecular formula is C15H22N2O5S2. The van der Waals surface area contributed by atoms with Crippen molar-refractivity contribution < 1.29 is 23.1 Å². The largest absolute Gasteiger partial charge is 0.481 e. The summed E-state index contributed by atoms with van der Waals surface area (Å²) in [5, 5.41) is 11.2. The number of carbonyl (C=O) groups excluding carboxylic acids is 1. The fourth-order valence-electron chi connectivity index (χ4n) is 1.75. The van der Waals surface area contributed by atoms with Gasteiger partial charge in [0.1, 0.15) is 0 Å². The molecule has 0 fully saturated rings. The summed E-state index contributed by atoms with van der Waals surface area (Å²) in [6, 6.07) is 5.64. The van der Waals surface area contributed by atoms with E-state index in [-0.39, 0.29) is 16.6 Å². The van der Waals surface area contributed by atoms with E-state index in [1.54, 1.807) is 20.8 Å².